The molecule has 1 N–H and O–H groups in total. The molecule has 1 aliphatic carbocycles. The van der Waals surface area contributed by atoms with E-state index in [0.717, 1.165) is 31.2 Å². The number of rotatable bonds is 5. The van der Waals surface area contributed by atoms with Gasteiger partial charge in [0.15, 0.2) is 0 Å². The van der Waals surface area contributed by atoms with Crippen LogP contribution < -0.4 is 5.32 Å². The number of amides is 2. The van der Waals surface area contributed by atoms with Gasteiger partial charge in [-0.2, -0.15) is 5.10 Å². The smallest absolute Gasteiger partial charge is 0.321 e. The number of nitrogens with one attached hydrogen (secondary N) is 1. The van der Waals surface area contributed by atoms with Gasteiger partial charge in [-0.1, -0.05) is 12.8 Å². The molecule has 1 saturated carbocycles. The van der Waals surface area contributed by atoms with E-state index in [2.05, 4.69) is 15.3 Å². The quantitative estimate of drug-likeness (QED) is 0.907. The van der Waals surface area contributed by atoms with Crippen molar-refractivity contribution in [1.82, 2.24) is 19.6 Å². The van der Waals surface area contributed by atoms with Crippen LogP contribution in [0.1, 0.15) is 32.1 Å². The summed E-state index contributed by atoms with van der Waals surface area (Å²) >= 11 is 0. The molecule has 122 valence electrons. The fraction of sp³-hybridized carbons (Fsp3) is 0.750. The summed E-state index contributed by atoms with van der Waals surface area (Å²) in [5.41, 5.74) is 0.792. The number of hydrogen-bond donors (Lipinski definition) is 1. The van der Waals surface area contributed by atoms with Crippen molar-refractivity contribution in [3.63, 3.8) is 0 Å². The fourth-order valence-electron chi connectivity index (χ4n) is 3.54. The molecule has 2 heterocycles. The van der Waals surface area contributed by atoms with Gasteiger partial charge in [0.25, 0.3) is 0 Å². The Kier molecular flexibility index (Phi) is 4.66. The molecule has 1 aromatic rings. The number of anilines is 1. The van der Waals surface area contributed by atoms with Gasteiger partial charge in [-0.05, 0) is 39.3 Å². The minimum atomic E-state index is 0.0373. The molecular weight excluding hydrogens is 278 g/mol. The maximum Gasteiger partial charge on any atom is 0.322 e. The maximum absolute atomic E-state index is 12.4. The topological polar surface area (TPSA) is 53.4 Å². The van der Waals surface area contributed by atoms with E-state index in [1.54, 1.807) is 6.20 Å². The minimum Gasteiger partial charge on any atom is -0.321 e. The number of urea groups is 1. The maximum atomic E-state index is 12.4. The van der Waals surface area contributed by atoms with E-state index in [-0.39, 0.29) is 6.03 Å². The molecule has 3 rings (SSSR count). The molecule has 2 fully saturated rings. The number of carbonyl (C=O) groups excluding carboxylic acids is 1. The second-order valence-corrected chi connectivity index (χ2v) is 6.82. The Morgan fingerprint density at radius 3 is 2.77 bits per heavy atom. The Balaban J connectivity index is 1.51. The average Bonchev–Trinajstić information content (AvgIpc) is 3.07. The van der Waals surface area contributed by atoms with Crippen LogP contribution in [0.4, 0.5) is 10.5 Å². The Labute approximate surface area is 132 Å². The highest BCUT2D eigenvalue weighted by Crippen LogP contribution is 2.36. The summed E-state index contributed by atoms with van der Waals surface area (Å²) < 4.78 is 1.88. The van der Waals surface area contributed by atoms with Gasteiger partial charge in [-0.25, -0.2) is 4.79 Å². The van der Waals surface area contributed by atoms with Gasteiger partial charge in [0.2, 0.25) is 0 Å². The van der Waals surface area contributed by atoms with Gasteiger partial charge in [-0.3, -0.25) is 4.68 Å². The predicted molar refractivity (Wildman–Crippen MR) is 86.9 cm³/mol. The van der Waals surface area contributed by atoms with E-state index in [4.69, 9.17) is 0 Å². The lowest BCUT2D eigenvalue weighted by atomic mass is 9.88. The Hall–Kier alpha value is -1.56. The molecule has 6 nitrogen and oxygen atoms in total. The molecule has 2 amide bonds. The largest absolute Gasteiger partial charge is 0.322 e. The van der Waals surface area contributed by atoms with Crippen molar-refractivity contribution < 1.29 is 4.79 Å². The van der Waals surface area contributed by atoms with Gasteiger partial charge in [0.05, 0.1) is 18.4 Å². The first kappa shape index (κ1) is 15.3. The second-order valence-electron chi connectivity index (χ2n) is 6.82. The van der Waals surface area contributed by atoms with Crippen LogP contribution in [0.25, 0.3) is 0 Å². The zero-order valence-electron chi connectivity index (χ0n) is 13.7. The van der Waals surface area contributed by atoms with E-state index < -0.39 is 0 Å². The zero-order valence-corrected chi connectivity index (χ0v) is 13.7. The van der Waals surface area contributed by atoms with Gasteiger partial charge in [-0.15, -0.1) is 0 Å². The first-order valence-electron chi connectivity index (χ1n) is 8.38. The fourth-order valence-corrected chi connectivity index (χ4v) is 3.54. The monoisotopic (exact) mass is 305 g/mol. The molecule has 1 saturated heterocycles. The lowest BCUT2D eigenvalue weighted by Gasteiger charge is -2.44. The SMILES string of the molecule is CN(C)CCn1cc(NC(=O)N2CCC2C2CCCC2)cn1. The van der Waals surface area contributed by atoms with E-state index in [9.17, 15) is 4.79 Å². The Bertz CT molecular complexity index is 506. The molecule has 1 aromatic heterocycles. The van der Waals surface area contributed by atoms with E-state index in [0.29, 0.717) is 6.04 Å². The number of likely N-dealkylation sites (N-methyl/N-ethyl adjacent to an activating group) is 1. The average molecular weight is 305 g/mol. The van der Waals surface area contributed by atoms with Crippen molar-refractivity contribution in [2.24, 2.45) is 5.92 Å². The van der Waals surface area contributed by atoms with Gasteiger partial charge in [0, 0.05) is 25.3 Å². The van der Waals surface area contributed by atoms with Crippen LogP contribution in [-0.2, 0) is 6.54 Å². The van der Waals surface area contributed by atoms with Crippen molar-refractivity contribution in [3.8, 4) is 0 Å². The summed E-state index contributed by atoms with van der Waals surface area (Å²) in [6.45, 7) is 2.66. The third kappa shape index (κ3) is 3.43. The number of hydrogen-bond acceptors (Lipinski definition) is 3. The van der Waals surface area contributed by atoms with Crippen molar-refractivity contribution in [2.75, 3.05) is 32.5 Å². The molecule has 0 bridgehead atoms. The lowest BCUT2D eigenvalue weighted by Crippen LogP contribution is -2.55. The number of aromatic nitrogens is 2. The van der Waals surface area contributed by atoms with E-state index in [1.807, 2.05) is 29.9 Å². The molecule has 1 unspecified atom stereocenters. The third-order valence-electron chi connectivity index (χ3n) is 4.93. The van der Waals surface area contributed by atoms with Crippen molar-refractivity contribution in [3.05, 3.63) is 12.4 Å². The third-order valence-corrected chi connectivity index (χ3v) is 4.93. The second kappa shape index (κ2) is 6.69. The van der Waals surface area contributed by atoms with Crippen molar-refractivity contribution in [2.45, 2.75) is 44.7 Å². The standard InChI is InChI=1S/C16H27N5O/c1-19(2)9-10-20-12-14(11-17-20)18-16(22)21-8-7-15(21)13-5-3-4-6-13/h11-13,15H,3-10H2,1-2H3,(H,18,22). The summed E-state index contributed by atoms with van der Waals surface area (Å²) in [6, 6.07) is 0.501. The molecule has 0 radical (unpaired) electrons. The van der Waals surface area contributed by atoms with E-state index >= 15 is 0 Å². The summed E-state index contributed by atoms with van der Waals surface area (Å²) in [7, 11) is 4.08. The van der Waals surface area contributed by atoms with Crippen LogP contribution in [0.3, 0.4) is 0 Å². The molecule has 1 aliphatic heterocycles. The van der Waals surface area contributed by atoms with Crippen LogP contribution in [0.2, 0.25) is 0 Å². The van der Waals surface area contributed by atoms with Gasteiger partial charge >= 0.3 is 6.03 Å². The summed E-state index contributed by atoms with van der Waals surface area (Å²) in [5.74, 6) is 0.724. The van der Waals surface area contributed by atoms with Crippen molar-refractivity contribution in [1.29, 1.82) is 0 Å². The number of carbonyl (C=O) groups is 1. The molecule has 2 aliphatic rings. The van der Waals surface area contributed by atoms with E-state index in [1.165, 1.54) is 32.1 Å². The molecule has 1 atom stereocenters. The summed E-state index contributed by atoms with van der Waals surface area (Å²) in [5, 5.41) is 7.29. The van der Waals surface area contributed by atoms with Crippen LogP contribution in [-0.4, -0.2) is 58.8 Å². The lowest BCUT2D eigenvalue weighted by molar-refractivity contribution is 0.0854. The van der Waals surface area contributed by atoms with Crippen LogP contribution >= 0.6 is 0 Å². The molecule has 0 spiro atoms. The molecule has 22 heavy (non-hydrogen) atoms. The van der Waals surface area contributed by atoms with Gasteiger partial charge in [0.1, 0.15) is 0 Å². The summed E-state index contributed by atoms with van der Waals surface area (Å²) in [4.78, 5) is 16.5. The zero-order chi connectivity index (χ0) is 15.5. The van der Waals surface area contributed by atoms with Crippen LogP contribution in [0.15, 0.2) is 12.4 Å². The minimum absolute atomic E-state index is 0.0373. The normalized spacial score (nSPS) is 22.1. The predicted octanol–water partition coefficient (Wildman–Crippen LogP) is 2.24. The Morgan fingerprint density at radius 2 is 2.14 bits per heavy atom. The first-order valence-corrected chi connectivity index (χ1v) is 8.38. The Morgan fingerprint density at radius 1 is 1.36 bits per heavy atom. The van der Waals surface area contributed by atoms with Crippen LogP contribution in [0, 0.1) is 5.92 Å². The highest BCUT2D eigenvalue weighted by molar-refractivity contribution is 5.89. The number of nitrogens with zero attached hydrogens (tertiary/aromatic N) is 4. The van der Waals surface area contributed by atoms with Gasteiger partial charge < -0.3 is 15.1 Å². The summed E-state index contributed by atoms with van der Waals surface area (Å²) in [6.07, 6.45) is 10.0. The number of likely N-dealkylation sites (tertiary alicyclic amines) is 1. The molecular formula is C16H27N5O. The van der Waals surface area contributed by atoms with Crippen LogP contribution in [0.5, 0.6) is 0 Å². The van der Waals surface area contributed by atoms with Crippen molar-refractivity contribution >= 4 is 11.7 Å². The first-order chi connectivity index (χ1) is 10.6. The highest BCUT2D eigenvalue weighted by atomic mass is 16.2. The molecule has 0 aromatic carbocycles. The highest BCUT2D eigenvalue weighted by Gasteiger charge is 2.38. The molecule has 6 heteroatoms.